The molecule has 100 valence electrons. The standard InChI is InChI=1S/C16H12FNO2/c1-20-16(19)12-3-2-11-8-14(18-15(11)9-12)10-4-6-13(17)7-5-10/h2-9,18H,1H3. The topological polar surface area (TPSA) is 42.1 Å². The van der Waals surface area contributed by atoms with Crippen molar-refractivity contribution in [1.29, 1.82) is 0 Å². The van der Waals surface area contributed by atoms with E-state index in [1.165, 1.54) is 19.2 Å². The van der Waals surface area contributed by atoms with E-state index in [-0.39, 0.29) is 11.8 Å². The Kier molecular flexibility index (Phi) is 2.99. The van der Waals surface area contributed by atoms with Gasteiger partial charge in [-0.1, -0.05) is 6.07 Å². The number of methoxy groups -OCH3 is 1. The minimum Gasteiger partial charge on any atom is -0.465 e. The molecule has 0 spiro atoms. The van der Waals surface area contributed by atoms with Crippen molar-refractivity contribution < 1.29 is 13.9 Å². The molecule has 0 atom stereocenters. The highest BCUT2D eigenvalue weighted by atomic mass is 19.1. The van der Waals surface area contributed by atoms with Crippen molar-refractivity contribution in [3.8, 4) is 11.3 Å². The second-order valence-electron chi connectivity index (χ2n) is 4.48. The average molecular weight is 269 g/mol. The largest absolute Gasteiger partial charge is 0.465 e. The molecule has 3 aromatic rings. The maximum Gasteiger partial charge on any atom is 0.337 e. The summed E-state index contributed by atoms with van der Waals surface area (Å²) in [7, 11) is 1.35. The molecule has 0 unspecified atom stereocenters. The van der Waals surface area contributed by atoms with Gasteiger partial charge in [-0.15, -0.1) is 0 Å². The third-order valence-corrected chi connectivity index (χ3v) is 3.20. The molecule has 1 heterocycles. The molecule has 2 aromatic carbocycles. The van der Waals surface area contributed by atoms with Crippen molar-refractivity contribution in [1.82, 2.24) is 4.98 Å². The first-order valence-corrected chi connectivity index (χ1v) is 6.14. The zero-order valence-electron chi connectivity index (χ0n) is 10.8. The third-order valence-electron chi connectivity index (χ3n) is 3.20. The number of nitrogens with one attached hydrogen (secondary N) is 1. The number of halogens is 1. The Bertz CT molecular complexity index is 775. The van der Waals surface area contributed by atoms with Crippen molar-refractivity contribution in [2.24, 2.45) is 0 Å². The molecule has 0 aliphatic rings. The maximum atomic E-state index is 12.9. The molecule has 3 nitrogen and oxygen atoms in total. The highest BCUT2D eigenvalue weighted by Crippen LogP contribution is 2.25. The van der Waals surface area contributed by atoms with Gasteiger partial charge in [0.1, 0.15) is 5.82 Å². The fourth-order valence-electron chi connectivity index (χ4n) is 2.16. The lowest BCUT2D eigenvalue weighted by atomic mass is 10.1. The van der Waals surface area contributed by atoms with Crippen LogP contribution in [0.25, 0.3) is 22.2 Å². The molecule has 0 fully saturated rings. The number of fused-ring (bicyclic) bond motifs is 1. The normalized spacial score (nSPS) is 10.7. The van der Waals surface area contributed by atoms with Crippen LogP contribution < -0.4 is 0 Å². The smallest absolute Gasteiger partial charge is 0.337 e. The van der Waals surface area contributed by atoms with E-state index in [1.807, 2.05) is 12.1 Å². The molecule has 0 saturated carbocycles. The van der Waals surface area contributed by atoms with E-state index in [1.54, 1.807) is 24.3 Å². The number of aromatic amines is 1. The predicted molar refractivity (Wildman–Crippen MR) is 75.0 cm³/mol. The van der Waals surface area contributed by atoms with Crippen LogP contribution in [-0.2, 0) is 4.74 Å². The van der Waals surface area contributed by atoms with Gasteiger partial charge in [0.25, 0.3) is 0 Å². The van der Waals surface area contributed by atoms with Gasteiger partial charge in [-0.2, -0.15) is 0 Å². The van der Waals surface area contributed by atoms with Crippen LogP contribution in [0.4, 0.5) is 4.39 Å². The molecule has 0 bridgehead atoms. The highest BCUT2D eigenvalue weighted by Gasteiger charge is 2.08. The van der Waals surface area contributed by atoms with Crippen molar-refractivity contribution in [3.05, 3.63) is 59.9 Å². The Morgan fingerprint density at radius 2 is 1.85 bits per heavy atom. The monoisotopic (exact) mass is 269 g/mol. The molecule has 4 heteroatoms. The number of aromatic nitrogens is 1. The summed E-state index contributed by atoms with van der Waals surface area (Å²) in [5.74, 6) is -0.636. The van der Waals surface area contributed by atoms with E-state index in [0.29, 0.717) is 5.56 Å². The molecule has 1 aromatic heterocycles. The molecule has 0 radical (unpaired) electrons. The van der Waals surface area contributed by atoms with Crippen LogP contribution in [-0.4, -0.2) is 18.1 Å². The first-order chi connectivity index (χ1) is 9.67. The van der Waals surface area contributed by atoms with Crippen molar-refractivity contribution >= 4 is 16.9 Å². The number of carbonyl (C=O) groups excluding carboxylic acids is 1. The number of hydrogen-bond donors (Lipinski definition) is 1. The lowest BCUT2D eigenvalue weighted by Gasteiger charge is -1.98. The van der Waals surface area contributed by atoms with Gasteiger partial charge in [-0.25, -0.2) is 9.18 Å². The fourth-order valence-corrected chi connectivity index (χ4v) is 2.16. The second-order valence-corrected chi connectivity index (χ2v) is 4.48. The van der Waals surface area contributed by atoms with E-state index in [9.17, 15) is 9.18 Å². The SMILES string of the molecule is COC(=O)c1ccc2cc(-c3ccc(F)cc3)[nH]c2c1. The van der Waals surface area contributed by atoms with E-state index >= 15 is 0 Å². The van der Waals surface area contributed by atoms with E-state index in [0.717, 1.165) is 22.2 Å². The van der Waals surface area contributed by atoms with Crippen LogP contribution >= 0.6 is 0 Å². The van der Waals surface area contributed by atoms with Crippen molar-refractivity contribution in [2.45, 2.75) is 0 Å². The number of H-pyrrole nitrogens is 1. The Morgan fingerprint density at radius 1 is 1.10 bits per heavy atom. The Hall–Kier alpha value is -2.62. The number of esters is 1. The molecular formula is C16H12FNO2. The minimum absolute atomic E-state index is 0.266. The van der Waals surface area contributed by atoms with Gasteiger partial charge >= 0.3 is 5.97 Å². The average Bonchev–Trinajstić information content (AvgIpc) is 2.90. The van der Waals surface area contributed by atoms with Gasteiger partial charge < -0.3 is 9.72 Å². The van der Waals surface area contributed by atoms with E-state index in [2.05, 4.69) is 4.98 Å². The van der Waals surface area contributed by atoms with Gasteiger partial charge in [-0.05, 0) is 48.0 Å². The molecule has 0 aliphatic carbocycles. The van der Waals surface area contributed by atoms with Gasteiger partial charge in [0.05, 0.1) is 12.7 Å². The number of benzene rings is 2. The lowest BCUT2D eigenvalue weighted by molar-refractivity contribution is 0.0601. The van der Waals surface area contributed by atoms with Gasteiger partial charge in [0.15, 0.2) is 0 Å². The van der Waals surface area contributed by atoms with Crippen LogP contribution in [0.15, 0.2) is 48.5 Å². The van der Waals surface area contributed by atoms with Gasteiger partial charge in [-0.3, -0.25) is 0 Å². The Labute approximate surface area is 115 Å². The first kappa shape index (κ1) is 12.4. The Balaban J connectivity index is 2.06. The van der Waals surface area contributed by atoms with Gasteiger partial charge in [0, 0.05) is 16.6 Å². The summed E-state index contributed by atoms with van der Waals surface area (Å²) >= 11 is 0. The fraction of sp³-hybridized carbons (Fsp3) is 0.0625. The molecule has 3 rings (SSSR count). The summed E-state index contributed by atoms with van der Waals surface area (Å²) < 4.78 is 17.6. The quantitative estimate of drug-likeness (QED) is 0.720. The third kappa shape index (κ3) is 2.16. The van der Waals surface area contributed by atoms with Crippen LogP contribution in [0.1, 0.15) is 10.4 Å². The molecule has 0 saturated heterocycles. The molecule has 20 heavy (non-hydrogen) atoms. The summed E-state index contributed by atoms with van der Waals surface area (Å²) in [6, 6.07) is 13.5. The van der Waals surface area contributed by atoms with Crippen molar-refractivity contribution in [2.75, 3.05) is 7.11 Å². The first-order valence-electron chi connectivity index (χ1n) is 6.14. The number of ether oxygens (including phenoxy) is 1. The van der Waals surface area contributed by atoms with Crippen LogP contribution in [0.2, 0.25) is 0 Å². The predicted octanol–water partition coefficient (Wildman–Crippen LogP) is 3.76. The van der Waals surface area contributed by atoms with Gasteiger partial charge in [0.2, 0.25) is 0 Å². The minimum atomic E-state index is -0.371. The lowest BCUT2D eigenvalue weighted by Crippen LogP contribution is -2.00. The molecule has 0 aliphatic heterocycles. The molecule has 0 amide bonds. The van der Waals surface area contributed by atoms with Crippen LogP contribution in [0, 0.1) is 5.82 Å². The Morgan fingerprint density at radius 3 is 2.55 bits per heavy atom. The number of carbonyl (C=O) groups is 1. The number of rotatable bonds is 2. The summed E-state index contributed by atoms with van der Waals surface area (Å²) in [5.41, 5.74) is 3.10. The number of hydrogen-bond acceptors (Lipinski definition) is 2. The maximum absolute atomic E-state index is 12.9. The summed E-state index contributed by atoms with van der Waals surface area (Å²) in [4.78, 5) is 14.7. The second kappa shape index (κ2) is 4.81. The summed E-state index contributed by atoms with van der Waals surface area (Å²) in [6.45, 7) is 0. The van der Waals surface area contributed by atoms with Crippen LogP contribution in [0.5, 0.6) is 0 Å². The zero-order chi connectivity index (χ0) is 14.1. The van der Waals surface area contributed by atoms with E-state index < -0.39 is 0 Å². The molecule has 1 N–H and O–H groups in total. The molecular weight excluding hydrogens is 257 g/mol. The van der Waals surface area contributed by atoms with E-state index in [4.69, 9.17) is 4.74 Å². The van der Waals surface area contributed by atoms with Crippen molar-refractivity contribution in [3.63, 3.8) is 0 Å². The summed E-state index contributed by atoms with van der Waals surface area (Å²) in [5, 5.41) is 0.983. The highest BCUT2D eigenvalue weighted by molar-refractivity contribution is 5.95. The zero-order valence-corrected chi connectivity index (χ0v) is 10.8. The van der Waals surface area contributed by atoms with Crippen LogP contribution in [0.3, 0.4) is 0 Å². The summed E-state index contributed by atoms with van der Waals surface area (Å²) in [6.07, 6.45) is 0.